The third-order valence-corrected chi connectivity index (χ3v) is 3.52. The van der Waals surface area contributed by atoms with Gasteiger partial charge in [0.2, 0.25) is 5.95 Å². The summed E-state index contributed by atoms with van der Waals surface area (Å²) in [7, 11) is 0. The Labute approximate surface area is 122 Å². The number of aromatic nitrogens is 4. The summed E-state index contributed by atoms with van der Waals surface area (Å²) < 4.78 is 1.82. The second kappa shape index (κ2) is 5.06. The van der Waals surface area contributed by atoms with Crippen molar-refractivity contribution < 1.29 is 0 Å². The topological polar surface area (TPSA) is 87.4 Å². The van der Waals surface area contributed by atoms with E-state index in [0.717, 1.165) is 4.96 Å². The molecule has 2 N–H and O–H groups in total. The molecule has 0 fully saturated rings. The summed E-state index contributed by atoms with van der Waals surface area (Å²) in [6.07, 6.45) is 3.38. The molecule has 3 rings (SSSR count). The molecule has 0 aliphatic heterocycles. The first-order chi connectivity index (χ1) is 9.63. The fourth-order valence-corrected chi connectivity index (χ4v) is 2.67. The van der Waals surface area contributed by atoms with Crippen molar-refractivity contribution >= 4 is 40.1 Å². The van der Waals surface area contributed by atoms with E-state index in [2.05, 4.69) is 25.5 Å². The Morgan fingerprint density at radius 1 is 1.55 bits per heavy atom. The van der Waals surface area contributed by atoms with Crippen molar-refractivity contribution in [3.8, 4) is 0 Å². The van der Waals surface area contributed by atoms with Gasteiger partial charge in [-0.1, -0.05) is 11.6 Å². The van der Waals surface area contributed by atoms with Gasteiger partial charge in [-0.3, -0.25) is 14.2 Å². The van der Waals surface area contributed by atoms with Crippen molar-refractivity contribution in [3.63, 3.8) is 0 Å². The third kappa shape index (κ3) is 2.43. The van der Waals surface area contributed by atoms with Gasteiger partial charge in [0, 0.05) is 23.3 Å². The first kappa shape index (κ1) is 12.8. The van der Waals surface area contributed by atoms with E-state index in [4.69, 9.17) is 11.6 Å². The number of rotatable bonds is 3. The van der Waals surface area contributed by atoms with Crippen LogP contribution in [0.15, 0.2) is 27.5 Å². The van der Waals surface area contributed by atoms with Gasteiger partial charge in [-0.15, -0.1) is 11.3 Å². The second-order valence-corrected chi connectivity index (χ2v) is 5.18. The molecule has 0 spiro atoms. The number of hydrazone groups is 1. The van der Waals surface area contributed by atoms with E-state index in [9.17, 15) is 4.79 Å². The maximum atomic E-state index is 11.3. The molecule has 9 heteroatoms. The SMILES string of the molecule is Cc1cc(=O)[nH]c(N/N=C\c2c(Cl)nc3sccn23)n1. The number of anilines is 1. The Hall–Kier alpha value is -2.19. The van der Waals surface area contributed by atoms with Gasteiger partial charge in [-0.05, 0) is 6.92 Å². The molecular weight excluding hydrogens is 300 g/mol. The zero-order chi connectivity index (χ0) is 14.1. The quantitative estimate of drug-likeness (QED) is 0.571. The molecule has 0 unspecified atom stereocenters. The second-order valence-electron chi connectivity index (χ2n) is 3.95. The molecule has 7 nitrogen and oxygen atoms in total. The lowest BCUT2D eigenvalue weighted by Gasteiger charge is -1.99. The van der Waals surface area contributed by atoms with Crippen LogP contribution in [0.3, 0.4) is 0 Å². The summed E-state index contributed by atoms with van der Waals surface area (Å²) >= 11 is 7.51. The Balaban J connectivity index is 1.85. The zero-order valence-electron chi connectivity index (χ0n) is 10.3. The lowest BCUT2D eigenvalue weighted by atomic mass is 10.4. The van der Waals surface area contributed by atoms with Crippen LogP contribution < -0.4 is 11.0 Å². The molecule has 0 aliphatic carbocycles. The number of nitrogens with zero attached hydrogens (tertiary/aromatic N) is 4. The third-order valence-electron chi connectivity index (χ3n) is 2.48. The van der Waals surface area contributed by atoms with E-state index >= 15 is 0 Å². The van der Waals surface area contributed by atoms with Crippen LogP contribution in [-0.2, 0) is 0 Å². The number of hydrogen-bond acceptors (Lipinski definition) is 6. The van der Waals surface area contributed by atoms with E-state index in [1.54, 1.807) is 6.92 Å². The van der Waals surface area contributed by atoms with Crippen molar-refractivity contribution in [1.82, 2.24) is 19.4 Å². The molecule has 0 atom stereocenters. The molecule has 0 saturated carbocycles. The summed E-state index contributed by atoms with van der Waals surface area (Å²) in [6.45, 7) is 1.73. The largest absolute Gasteiger partial charge is 0.291 e. The molecule has 0 amide bonds. The zero-order valence-corrected chi connectivity index (χ0v) is 11.9. The van der Waals surface area contributed by atoms with Gasteiger partial charge < -0.3 is 0 Å². The van der Waals surface area contributed by atoms with Crippen LogP contribution in [0.4, 0.5) is 5.95 Å². The van der Waals surface area contributed by atoms with E-state index in [1.165, 1.54) is 23.6 Å². The molecule has 0 bridgehead atoms. The lowest BCUT2D eigenvalue weighted by molar-refractivity contribution is 1.04. The normalized spacial score (nSPS) is 11.5. The summed E-state index contributed by atoms with van der Waals surface area (Å²) in [6, 6.07) is 1.40. The van der Waals surface area contributed by atoms with Crippen LogP contribution in [0.25, 0.3) is 4.96 Å². The van der Waals surface area contributed by atoms with E-state index in [-0.39, 0.29) is 11.5 Å². The highest BCUT2D eigenvalue weighted by Gasteiger charge is 2.08. The first-order valence-electron chi connectivity index (χ1n) is 5.61. The van der Waals surface area contributed by atoms with Crippen LogP contribution in [0.5, 0.6) is 0 Å². The maximum Gasteiger partial charge on any atom is 0.252 e. The number of H-pyrrole nitrogens is 1. The van der Waals surface area contributed by atoms with Gasteiger partial charge in [0.15, 0.2) is 10.1 Å². The number of nitrogens with one attached hydrogen (secondary N) is 2. The monoisotopic (exact) mass is 308 g/mol. The number of thiazole rings is 1. The van der Waals surface area contributed by atoms with E-state index < -0.39 is 0 Å². The predicted octanol–water partition coefficient (Wildman–Crippen LogP) is 1.89. The predicted molar refractivity (Wildman–Crippen MR) is 78.9 cm³/mol. The number of imidazole rings is 1. The fraction of sp³-hybridized carbons (Fsp3) is 0.0909. The Morgan fingerprint density at radius 3 is 3.20 bits per heavy atom. The summed E-state index contributed by atoms with van der Waals surface area (Å²) in [5.74, 6) is 0.272. The van der Waals surface area contributed by atoms with Crippen LogP contribution in [0.2, 0.25) is 5.15 Å². The standard InChI is InChI=1S/C11H9ClN6OS/c1-6-4-8(19)15-10(14-6)17-13-5-7-9(12)16-11-18(7)2-3-20-11/h2-5H,1H3,(H2,14,15,17,19)/b13-5-. The van der Waals surface area contributed by atoms with Gasteiger partial charge in [0.25, 0.3) is 5.56 Å². The fourth-order valence-electron chi connectivity index (χ4n) is 1.68. The van der Waals surface area contributed by atoms with Crippen molar-refractivity contribution in [2.24, 2.45) is 5.10 Å². The van der Waals surface area contributed by atoms with Gasteiger partial charge in [0.1, 0.15) is 5.69 Å². The average molecular weight is 309 g/mol. The highest BCUT2D eigenvalue weighted by Crippen LogP contribution is 2.19. The van der Waals surface area contributed by atoms with Crippen molar-refractivity contribution in [1.29, 1.82) is 0 Å². The van der Waals surface area contributed by atoms with Crippen LogP contribution in [-0.4, -0.2) is 25.6 Å². The van der Waals surface area contributed by atoms with Crippen molar-refractivity contribution in [2.45, 2.75) is 6.92 Å². The molecule has 0 radical (unpaired) electrons. The molecule has 102 valence electrons. The highest BCUT2D eigenvalue weighted by molar-refractivity contribution is 7.15. The minimum Gasteiger partial charge on any atom is -0.291 e. The molecule has 0 saturated heterocycles. The molecule has 3 aromatic heterocycles. The van der Waals surface area contributed by atoms with Gasteiger partial charge in [0.05, 0.1) is 6.21 Å². The summed E-state index contributed by atoms with van der Waals surface area (Å²) in [5.41, 5.74) is 3.68. The van der Waals surface area contributed by atoms with Crippen LogP contribution >= 0.6 is 22.9 Å². The molecule has 0 aliphatic rings. The summed E-state index contributed by atoms with van der Waals surface area (Å²) in [5, 5.41) is 6.28. The van der Waals surface area contributed by atoms with Crippen LogP contribution in [0.1, 0.15) is 11.4 Å². The smallest absolute Gasteiger partial charge is 0.252 e. The number of hydrogen-bond donors (Lipinski definition) is 2. The first-order valence-corrected chi connectivity index (χ1v) is 6.87. The minimum atomic E-state index is -0.238. The molecular formula is C11H9ClN6OS. The molecule has 3 heterocycles. The van der Waals surface area contributed by atoms with Crippen LogP contribution in [0, 0.1) is 6.92 Å². The van der Waals surface area contributed by atoms with Gasteiger partial charge in [-0.25, -0.2) is 15.4 Å². The number of aromatic amines is 1. The van der Waals surface area contributed by atoms with E-state index in [0.29, 0.717) is 16.5 Å². The Kier molecular flexibility index (Phi) is 3.25. The molecule has 3 aromatic rings. The van der Waals surface area contributed by atoms with Crippen molar-refractivity contribution in [3.05, 3.63) is 44.5 Å². The maximum absolute atomic E-state index is 11.3. The Morgan fingerprint density at radius 2 is 2.40 bits per heavy atom. The number of fused-ring (bicyclic) bond motifs is 1. The number of halogens is 1. The Bertz CT molecular complexity index is 848. The van der Waals surface area contributed by atoms with E-state index in [1.807, 2.05) is 16.0 Å². The highest BCUT2D eigenvalue weighted by atomic mass is 35.5. The van der Waals surface area contributed by atoms with Gasteiger partial charge in [-0.2, -0.15) is 5.10 Å². The minimum absolute atomic E-state index is 0.238. The number of aryl methyl sites for hydroxylation is 1. The van der Waals surface area contributed by atoms with Gasteiger partial charge >= 0.3 is 0 Å². The average Bonchev–Trinajstić information content (AvgIpc) is 2.91. The molecule has 20 heavy (non-hydrogen) atoms. The lowest BCUT2D eigenvalue weighted by Crippen LogP contribution is -2.10. The summed E-state index contributed by atoms with van der Waals surface area (Å²) in [4.78, 5) is 22.9. The molecule has 0 aromatic carbocycles. The van der Waals surface area contributed by atoms with Crippen molar-refractivity contribution in [2.75, 3.05) is 5.43 Å².